The third kappa shape index (κ3) is 1.01. The maximum Gasteiger partial charge on any atom is 0.146 e. The van der Waals surface area contributed by atoms with Crippen molar-refractivity contribution in [2.75, 3.05) is 0 Å². The van der Waals surface area contributed by atoms with E-state index < -0.39 is 47.2 Å². The number of carbonyl (C=O) groups excluding carboxylic acids is 4. The van der Waals surface area contributed by atoms with E-state index in [1.54, 1.807) is 0 Å². The van der Waals surface area contributed by atoms with Crippen LogP contribution in [0.25, 0.3) is 0 Å². The van der Waals surface area contributed by atoms with Crippen LogP contribution < -0.4 is 10.2 Å². The summed E-state index contributed by atoms with van der Waals surface area (Å²) in [6.45, 7) is 0. The normalized spacial score (nSPS) is 37.5. The zero-order chi connectivity index (χ0) is 12.1. The van der Waals surface area contributed by atoms with Crippen LogP contribution in [0.4, 0.5) is 0 Å². The average molecular weight is 224 g/mol. The Hall–Kier alpha value is -1.72. The molecule has 3 saturated carbocycles. The van der Waals surface area contributed by atoms with Crippen molar-refractivity contribution in [1.82, 2.24) is 0 Å². The molecule has 3 rings (SSSR count). The monoisotopic (exact) mass is 224 g/mol. The Kier molecular flexibility index (Phi) is 1.95. The lowest BCUT2D eigenvalue weighted by Crippen LogP contribution is -2.64. The second kappa shape index (κ2) is 2.90. The van der Waals surface area contributed by atoms with E-state index in [9.17, 15) is 29.4 Å². The standard InChI is InChI=1S/C10H10O6/c11-5-4-10(8(15)16)2-1-9(5,7(13)14)3-6(10)12/h1-4H2,(H,13,14)(H,15,16)/p-2/t9-,10+. The Morgan fingerprint density at radius 3 is 1.38 bits per heavy atom. The van der Waals surface area contributed by atoms with Crippen molar-refractivity contribution in [3.8, 4) is 0 Å². The molecule has 0 heterocycles. The number of Topliss-reactive ketones (excluding diaryl/α,β-unsaturated/α-hetero) is 2. The molecule has 0 amide bonds. The average Bonchev–Trinajstić information content (AvgIpc) is 2.19. The van der Waals surface area contributed by atoms with Crippen molar-refractivity contribution in [2.24, 2.45) is 10.8 Å². The molecule has 3 fully saturated rings. The molecule has 0 aliphatic heterocycles. The highest BCUT2D eigenvalue weighted by molar-refractivity contribution is 6.18. The van der Waals surface area contributed by atoms with Crippen molar-refractivity contribution in [3.05, 3.63) is 0 Å². The molecule has 6 heteroatoms. The second-order valence-corrected chi connectivity index (χ2v) is 4.44. The Labute approximate surface area is 90.2 Å². The molecule has 0 aromatic rings. The molecule has 2 atom stereocenters. The Morgan fingerprint density at radius 1 is 0.875 bits per heavy atom. The first-order chi connectivity index (χ1) is 7.35. The van der Waals surface area contributed by atoms with Gasteiger partial charge in [0, 0.05) is 12.8 Å². The molecule has 0 saturated heterocycles. The van der Waals surface area contributed by atoms with Crippen molar-refractivity contribution in [1.29, 1.82) is 0 Å². The van der Waals surface area contributed by atoms with Crippen LogP contribution in [-0.4, -0.2) is 23.5 Å². The summed E-state index contributed by atoms with van der Waals surface area (Å²) in [6.07, 6.45) is -1.48. The van der Waals surface area contributed by atoms with Crippen LogP contribution in [-0.2, 0) is 19.2 Å². The minimum atomic E-state index is -1.80. The van der Waals surface area contributed by atoms with Gasteiger partial charge < -0.3 is 19.8 Å². The van der Waals surface area contributed by atoms with E-state index in [0.29, 0.717) is 0 Å². The SMILES string of the molecule is O=C([O-])[C@@]12CC[C@](C(=O)[O-])(CC1=O)C(=O)C2. The first kappa shape index (κ1) is 10.8. The lowest BCUT2D eigenvalue weighted by Gasteiger charge is -2.51. The molecule has 0 unspecified atom stereocenters. The maximum absolute atomic E-state index is 11.6. The molecule has 0 radical (unpaired) electrons. The minimum absolute atomic E-state index is 0.159. The van der Waals surface area contributed by atoms with Crippen LogP contribution in [0.3, 0.4) is 0 Å². The topological polar surface area (TPSA) is 114 Å². The van der Waals surface area contributed by atoms with E-state index >= 15 is 0 Å². The number of aliphatic carboxylic acids is 2. The molecule has 2 bridgehead atoms. The largest absolute Gasteiger partial charge is 0.549 e. The Bertz CT molecular complexity index is 385. The van der Waals surface area contributed by atoms with E-state index in [2.05, 4.69) is 0 Å². The van der Waals surface area contributed by atoms with Crippen molar-refractivity contribution < 1.29 is 29.4 Å². The van der Waals surface area contributed by atoms with E-state index in [4.69, 9.17) is 0 Å². The van der Waals surface area contributed by atoms with Gasteiger partial charge in [-0.15, -0.1) is 0 Å². The molecule has 16 heavy (non-hydrogen) atoms. The summed E-state index contributed by atoms with van der Waals surface area (Å²) in [7, 11) is 0. The summed E-state index contributed by atoms with van der Waals surface area (Å²) in [4.78, 5) is 45.1. The lowest BCUT2D eigenvalue weighted by atomic mass is 9.52. The summed E-state index contributed by atoms with van der Waals surface area (Å²) in [5, 5.41) is 21.8. The van der Waals surface area contributed by atoms with Gasteiger partial charge in [-0.3, -0.25) is 9.59 Å². The second-order valence-electron chi connectivity index (χ2n) is 4.44. The summed E-state index contributed by atoms with van der Waals surface area (Å²) >= 11 is 0. The summed E-state index contributed by atoms with van der Waals surface area (Å²) in [5.74, 6) is -4.64. The van der Waals surface area contributed by atoms with Gasteiger partial charge in [-0.2, -0.15) is 0 Å². The molecule has 3 aliphatic carbocycles. The van der Waals surface area contributed by atoms with Gasteiger partial charge in [-0.25, -0.2) is 0 Å². The highest BCUT2D eigenvalue weighted by atomic mass is 16.4. The van der Waals surface area contributed by atoms with Gasteiger partial charge >= 0.3 is 0 Å². The number of ketones is 2. The van der Waals surface area contributed by atoms with Crippen LogP contribution in [0.2, 0.25) is 0 Å². The van der Waals surface area contributed by atoms with E-state index in [1.165, 1.54) is 0 Å². The number of rotatable bonds is 2. The summed E-state index contributed by atoms with van der Waals surface area (Å²) < 4.78 is 0. The smallest absolute Gasteiger partial charge is 0.146 e. The van der Waals surface area contributed by atoms with Gasteiger partial charge in [0.1, 0.15) is 11.6 Å². The van der Waals surface area contributed by atoms with Crippen LogP contribution in [0.1, 0.15) is 25.7 Å². The summed E-state index contributed by atoms with van der Waals surface area (Å²) in [6, 6.07) is 0. The molecular weight excluding hydrogens is 216 g/mol. The molecule has 0 N–H and O–H groups in total. The van der Waals surface area contributed by atoms with E-state index in [0.717, 1.165) is 0 Å². The molecular formula is C10H8O6-2. The third-order valence-corrected chi connectivity index (χ3v) is 3.75. The molecule has 86 valence electrons. The van der Waals surface area contributed by atoms with Gasteiger partial charge in [0.25, 0.3) is 0 Å². The number of carboxylic acids is 2. The molecule has 0 spiro atoms. The van der Waals surface area contributed by atoms with Gasteiger partial charge in [0.05, 0.1) is 22.8 Å². The zero-order valence-electron chi connectivity index (χ0n) is 8.28. The quantitative estimate of drug-likeness (QED) is 0.467. The molecule has 0 aromatic carbocycles. The predicted octanol–water partition coefficient (Wildman–Crippen LogP) is -2.82. The highest BCUT2D eigenvalue weighted by Gasteiger charge is 2.60. The number of hydrogen-bond donors (Lipinski definition) is 0. The van der Waals surface area contributed by atoms with E-state index in [-0.39, 0.29) is 12.8 Å². The molecule has 0 aromatic heterocycles. The van der Waals surface area contributed by atoms with Gasteiger partial charge in [-0.1, -0.05) is 0 Å². The van der Waals surface area contributed by atoms with Crippen LogP contribution >= 0.6 is 0 Å². The lowest BCUT2D eigenvalue weighted by molar-refractivity contribution is -0.327. The number of carboxylic acid groups (broad SMARTS) is 2. The van der Waals surface area contributed by atoms with Crippen LogP contribution in [0.15, 0.2) is 0 Å². The predicted molar refractivity (Wildman–Crippen MR) is 43.4 cm³/mol. The third-order valence-electron chi connectivity index (χ3n) is 3.75. The zero-order valence-corrected chi connectivity index (χ0v) is 8.28. The highest BCUT2D eigenvalue weighted by Crippen LogP contribution is 2.52. The number of hydrogen-bond acceptors (Lipinski definition) is 6. The van der Waals surface area contributed by atoms with Crippen molar-refractivity contribution in [3.63, 3.8) is 0 Å². The Morgan fingerprint density at radius 2 is 1.19 bits per heavy atom. The fourth-order valence-corrected chi connectivity index (χ4v) is 2.54. The fourth-order valence-electron chi connectivity index (χ4n) is 2.54. The summed E-state index contributed by atoms with van der Waals surface area (Å²) in [5.41, 5.74) is -3.59. The first-order valence-corrected chi connectivity index (χ1v) is 4.85. The van der Waals surface area contributed by atoms with Crippen LogP contribution in [0, 0.1) is 10.8 Å². The number of fused-ring (bicyclic) bond motifs is 3. The van der Waals surface area contributed by atoms with Crippen molar-refractivity contribution in [2.45, 2.75) is 25.7 Å². The van der Waals surface area contributed by atoms with Gasteiger partial charge in [0.2, 0.25) is 0 Å². The molecule has 6 nitrogen and oxygen atoms in total. The van der Waals surface area contributed by atoms with Crippen molar-refractivity contribution >= 4 is 23.5 Å². The fraction of sp³-hybridized carbons (Fsp3) is 0.600. The Balaban J connectivity index is 2.47. The van der Waals surface area contributed by atoms with Gasteiger partial charge in [-0.05, 0) is 12.8 Å². The molecule has 3 aliphatic rings. The minimum Gasteiger partial charge on any atom is -0.549 e. The number of carbonyl (C=O) groups is 4. The van der Waals surface area contributed by atoms with E-state index in [1.807, 2.05) is 0 Å². The van der Waals surface area contributed by atoms with Crippen LogP contribution in [0.5, 0.6) is 0 Å². The first-order valence-electron chi connectivity index (χ1n) is 4.85. The maximum atomic E-state index is 11.6. The van der Waals surface area contributed by atoms with Gasteiger partial charge in [0.15, 0.2) is 0 Å².